The highest BCUT2D eigenvalue weighted by Crippen LogP contribution is 2.30. The third-order valence-electron chi connectivity index (χ3n) is 2.38. The smallest absolute Gasteiger partial charge is 0.393 e. The van der Waals surface area contributed by atoms with Crippen LogP contribution in [0.25, 0.3) is 5.69 Å². The third kappa shape index (κ3) is 2.62. The number of nitrogens with zero attached hydrogens (tertiary/aromatic N) is 2. The first kappa shape index (κ1) is 13.6. The monoisotopic (exact) mass is 333 g/mol. The second-order valence-corrected chi connectivity index (χ2v) is 4.53. The van der Waals surface area contributed by atoms with Gasteiger partial charge >= 0.3 is 6.18 Å². The Bertz CT molecular complexity index is 682. The number of aromatic nitrogens is 2. The van der Waals surface area contributed by atoms with E-state index in [0.29, 0.717) is 4.47 Å². The molecule has 0 aliphatic heterocycles. The van der Waals surface area contributed by atoms with Gasteiger partial charge in [0, 0.05) is 0 Å². The van der Waals surface area contributed by atoms with Gasteiger partial charge in [0.05, 0.1) is 21.9 Å². The largest absolute Gasteiger partial charge is 0.416 e. The van der Waals surface area contributed by atoms with Gasteiger partial charge in [0.15, 0.2) is 0 Å². The minimum atomic E-state index is -4.49. The molecule has 1 aromatic carbocycles. The first-order chi connectivity index (χ1) is 8.80. The summed E-state index contributed by atoms with van der Waals surface area (Å²) in [6, 6.07) is 4.29. The van der Waals surface area contributed by atoms with Gasteiger partial charge in [-0.2, -0.15) is 23.0 Å². The molecule has 19 heavy (non-hydrogen) atoms. The Hall–Kier alpha value is -1.83. The molecule has 2 N–H and O–H groups in total. The number of halogens is 4. The van der Waals surface area contributed by atoms with Gasteiger partial charge in [-0.3, -0.25) is 4.79 Å². The van der Waals surface area contributed by atoms with Crippen molar-refractivity contribution in [2.24, 2.45) is 0 Å². The number of nitrogen functional groups attached to an aromatic ring is 1. The average Bonchev–Trinajstić information content (AvgIpc) is 2.35. The fourth-order valence-electron chi connectivity index (χ4n) is 1.44. The molecule has 0 spiro atoms. The highest BCUT2D eigenvalue weighted by molar-refractivity contribution is 9.10. The number of rotatable bonds is 1. The van der Waals surface area contributed by atoms with Gasteiger partial charge in [0.1, 0.15) is 5.69 Å². The van der Waals surface area contributed by atoms with Crippen LogP contribution in [-0.4, -0.2) is 9.78 Å². The van der Waals surface area contributed by atoms with Crippen LogP contribution in [0.1, 0.15) is 5.56 Å². The van der Waals surface area contributed by atoms with Crippen molar-refractivity contribution in [3.05, 3.63) is 50.9 Å². The molecule has 1 aromatic heterocycles. The summed E-state index contributed by atoms with van der Waals surface area (Å²) in [5.41, 5.74) is 3.84. The van der Waals surface area contributed by atoms with E-state index in [1.807, 2.05) is 0 Å². The Kier molecular flexibility index (Phi) is 3.36. The summed E-state index contributed by atoms with van der Waals surface area (Å²) in [5, 5.41) is 3.74. The number of benzene rings is 1. The Morgan fingerprint density at radius 2 is 2.00 bits per heavy atom. The lowest BCUT2D eigenvalue weighted by molar-refractivity contribution is -0.137. The molecule has 2 rings (SSSR count). The summed E-state index contributed by atoms with van der Waals surface area (Å²) in [5.74, 6) is 0. The summed E-state index contributed by atoms with van der Waals surface area (Å²) in [4.78, 5) is 11.8. The normalized spacial score (nSPS) is 11.6. The first-order valence-electron chi connectivity index (χ1n) is 5.01. The molecule has 0 unspecified atom stereocenters. The zero-order valence-electron chi connectivity index (χ0n) is 9.28. The van der Waals surface area contributed by atoms with E-state index in [-0.39, 0.29) is 11.4 Å². The van der Waals surface area contributed by atoms with Crippen molar-refractivity contribution < 1.29 is 13.2 Å². The van der Waals surface area contributed by atoms with Gasteiger partial charge in [0.2, 0.25) is 0 Å². The fourth-order valence-corrected chi connectivity index (χ4v) is 1.71. The van der Waals surface area contributed by atoms with Gasteiger partial charge in [0.25, 0.3) is 5.56 Å². The van der Waals surface area contributed by atoms with Gasteiger partial charge in [-0.15, -0.1) is 0 Å². The topological polar surface area (TPSA) is 60.9 Å². The molecule has 1 heterocycles. The van der Waals surface area contributed by atoms with Crippen LogP contribution in [0.5, 0.6) is 0 Å². The van der Waals surface area contributed by atoms with E-state index in [4.69, 9.17) is 5.73 Å². The Morgan fingerprint density at radius 3 is 2.63 bits per heavy atom. The number of anilines is 1. The van der Waals surface area contributed by atoms with Crippen LogP contribution in [-0.2, 0) is 6.18 Å². The van der Waals surface area contributed by atoms with Crippen LogP contribution < -0.4 is 11.3 Å². The van der Waals surface area contributed by atoms with Crippen LogP contribution in [0, 0.1) is 0 Å². The minimum Gasteiger partial charge on any atom is -0.393 e. The van der Waals surface area contributed by atoms with E-state index < -0.39 is 17.3 Å². The van der Waals surface area contributed by atoms with Crippen molar-refractivity contribution in [3.8, 4) is 5.69 Å². The van der Waals surface area contributed by atoms with Crippen molar-refractivity contribution in [3.63, 3.8) is 0 Å². The predicted molar refractivity (Wildman–Crippen MR) is 66.9 cm³/mol. The molecular formula is C11H7BrF3N3O. The Morgan fingerprint density at radius 1 is 1.32 bits per heavy atom. The zero-order valence-corrected chi connectivity index (χ0v) is 10.9. The number of hydrogen-bond donors (Lipinski definition) is 1. The molecule has 8 heteroatoms. The first-order valence-corrected chi connectivity index (χ1v) is 5.81. The second-order valence-electron chi connectivity index (χ2n) is 3.67. The van der Waals surface area contributed by atoms with Crippen LogP contribution in [0.15, 0.2) is 39.7 Å². The fraction of sp³-hybridized carbons (Fsp3) is 0.0909. The van der Waals surface area contributed by atoms with Gasteiger partial charge in [-0.05, 0) is 34.1 Å². The minimum absolute atomic E-state index is 0.000903. The SMILES string of the molecule is Nc1c(Br)cnn(-c2cccc(C(F)(F)F)c2)c1=O. The molecular weight excluding hydrogens is 327 g/mol. The van der Waals surface area contributed by atoms with Gasteiger partial charge in [-0.1, -0.05) is 6.07 Å². The van der Waals surface area contributed by atoms with Crippen molar-refractivity contribution in [1.82, 2.24) is 9.78 Å². The van der Waals surface area contributed by atoms with Gasteiger partial charge in [-0.25, -0.2) is 0 Å². The number of hydrogen-bond acceptors (Lipinski definition) is 3. The molecule has 0 fully saturated rings. The Labute approximate surface area is 113 Å². The maximum Gasteiger partial charge on any atom is 0.416 e. The number of alkyl halides is 3. The standard InChI is InChI=1S/C11H7BrF3N3O/c12-8-5-17-18(10(19)9(8)16)7-3-1-2-6(4-7)11(13,14)15/h1-5H,16H2. The van der Waals surface area contributed by atoms with Crippen LogP contribution in [0.3, 0.4) is 0 Å². The predicted octanol–water partition coefficient (Wildman–Crippen LogP) is 2.60. The van der Waals surface area contributed by atoms with E-state index in [2.05, 4.69) is 21.0 Å². The third-order valence-corrected chi connectivity index (χ3v) is 3.02. The molecule has 0 saturated carbocycles. The molecule has 0 amide bonds. The molecule has 0 atom stereocenters. The lowest BCUT2D eigenvalue weighted by Gasteiger charge is -2.10. The summed E-state index contributed by atoms with van der Waals surface area (Å²) < 4.78 is 38.9. The van der Waals surface area contributed by atoms with Crippen molar-refractivity contribution in [1.29, 1.82) is 0 Å². The van der Waals surface area contributed by atoms with Crippen molar-refractivity contribution >= 4 is 21.6 Å². The molecule has 0 aliphatic rings. The van der Waals surface area contributed by atoms with Crippen molar-refractivity contribution in [2.75, 3.05) is 5.73 Å². The molecule has 4 nitrogen and oxygen atoms in total. The van der Waals surface area contributed by atoms with Crippen molar-refractivity contribution in [2.45, 2.75) is 6.18 Å². The molecule has 0 radical (unpaired) electrons. The number of nitrogens with two attached hydrogens (primary N) is 1. The zero-order chi connectivity index (χ0) is 14.2. The van der Waals surface area contributed by atoms with Gasteiger partial charge < -0.3 is 5.73 Å². The van der Waals surface area contributed by atoms with E-state index >= 15 is 0 Å². The summed E-state index contributed by atoms with van der Waals surface area (Å²) in [7, 11) is 0. The summed E-state index contributed by atoms with van der Waals surface area (Å²) in [6.07, 6.45) is -3.24. The lowest BCUT2D eigenvalue weighted by Crippen LogP contribution is -2.24. The van der Waals surface area contributed by atoms with E-state index in [1.165, 1.54) is 18.3 Å². The maximum atomic E-state index is 12.6. The Balaban J connectivity index is 2.61. The quantitative estimate of drug-likeness (QED) is 0.872. The maximum absolute atomic E-state index is 12.6. The highest BCUT2D eigenvalue weighted by atomic mass is 79.9. The molecule has 0 saturated heterocycles. The molecule has 100 valence electrons. The molecule has 0 bridgehead atoms. The molecule has 2 aromatic rings. The van der Waals surface area contributed by atoms with E-state index in [0.717, 1.165) is 16.8 Å². The van der Waals surface area contributed by atoms with Crippen LogP contribution in [0.4, 0.5) is 18.9 Å². The molecule has 0 aliphatic carbocycles. The second kappa shape index (κ2) is 4.69. The van der Waals surface area contributed by atoms with E-state index in [9.17, 15) is 18.0 Å². The summed E-state index contributed by atoms with van der Waals surface area (Å²) in [6.45, 7) is 0. The van der Waals surface area contributed by atoms with E-state index in [1.54, 1.807) is 0 Å². The van der Waals surface area contributed by atoms with Crippen LogP contribution >= 0.6 is 15.9 Å². The highest BCUT2D eigenvalue weighted by Gasteiger charge is 2.30. The summed E-state index contributed by atoms with van der Waals surface area (Å²) >= 11 is 3.02. The lowest BCUT2D eigenvalue weighted by atomic mass is 10.2. The average molecular weight is 334 g/mol. The van der Waals surface area contributed by atoms with Crippen LogP contribution in [0.2, 0.25) is 0 Å².